The third kappa shape index (κ3) is 10.8. The number of rotatable bonds is 12. The van der Waals surface area contributed by atoms with Crippen LogP contribution in [0.3, 0.4) is 0 Å². The van der Waals surface area contributed by atoms with Crippen molar-refractivity contribution in [2.45, 2.75) is 52.8 Å². The van der Waals surface area contributed by atoms with Crippen molar-refractivity contribution in [1.82, 2.24) is 0 Å². The Hall–Kier alpha value is 0.335. The van der Waals surface area contributed by atoms with E-state index in [4.69, 9.17) is 9.31 Å². The molecule has 0 fully saturated rings. The molecule has 0 aliphatic rings. The van der Waals surface area contributed by atoms with Gasteiger partial charge in [-0.2, -0.15) is 11.8 Å². The van der Waals surface area contributed by atoms with E-state index in [2.05, 4.69) is 20.8 Å². The Labute approximate surface area is 106 Å². The maximum absolute atomic E-state index is 5.74. The van der Waals surface area contributed by atoms with Gasteiger partial charge in [0.1, 0.15) is 0 Å². The van der Waals surface area contributed by atoms with Gasteiger partial charge in [0.05, 0.1) is 0 Å². The quantitative estimate of drug-likeness (QED) is 0.385. The zero-order valence-electron chi connectivity index (χ0n) is 11.2. The molecular weight excluding hydrogens is 219 g/mol. The fourth-order valence-electron chi connectivity index (χ4n) is 1.26. The predicted octanol–water partition coefficient (Wildman–Crippen LogP) is 3.86. The summed E-state index contributed by atoms with van der Waals surface area (Å²) in [6.07, 6.45) is 5.66. The van der Waals surface area contributed by atoms with Gasteiger partial charge in [-0.3, -0.25) is 0 Å². The maximum Gasteiger partial charge on any atom is 0.457 e. The van der Waals surface area contributed by atoms with E-state index in [0.29, 0.717) is 0 Å². The highest BCUT2D eigenvalue weighted by molar-refractivity contribution is 7.99. The summed E-state index contributed by atoms with van der Waals surface area (Å²) < 4.78 is 11.5. The normalized spacial score (nSPS) is 10.7. The SMILES string of the molecule is CCCCOB(CCSCC)OCCCC. The zero-order valence-corrected chi connectivity index (χ0v) is 12.0. The van der Waals surface area contributed by atoms with Gasteiger partial charge in [-0.25, -0.2) is 0 Å². The zero-order chi connectivity index (χ0) is 12.1. The summed E-state index contributed by atoms with van der Waals surface area (Å²) in [4.78, 5) is 0. The van der Waals surface area contributed by atoms with Gasteiger partial charge in [0.15, 0.2) is 0 Å². The first-order chi connectivity index (χ1) is 7.85. The van der Waals surface area contributed by atoms with Crippen molar-refractivity contribution >= 4 is 18.9 Å². The molecule has 96 valence electrons. The first-order valence-electron chi connectivity index (χ1n) is 6.66. The van der Waals surface area contributed by atoms with Crippen LogP contribution in [0.15, 0.2) is 0 Å². The van der Waals surface area contributed by atoms with E-state index in [9.17, 15) is 0 Å². The first kappa shape index (κ1) is 16.3. The predicted molar refractivity (Wildman–Crippen MR) is 75.3 cm³/mol. The molecule has 0 saturated heterocycles. The van der Waals surface area contributed by atoms with E-state index in [1.807, 2.05) is 11.8 Å². The van der Waals surface area contributed by atoms with Crippen molar-refractivity contribution in [2.75, 3.05) is 24.7 Å². The Kier molecular flexibility index (Phi) is 13.7. The Balaban J connectivity index is 3.58. The summed E-state index contributed by atoms with van der Waals surface area (Å²) in [5.74, 6) is 2.32. The van der Waals surface area contributed by atoms with Crippen LogP contribution < -0.4 is 0 Å². The molecule has 0 heterocycles. The fraction of sp³-hybridized carbons (Fsp3) is 1.00. The first-order valence-corrected chi connectivity index (χ1v) is 7.81. The van der Waals surface area contributed by atoms with Crippen LogP contribution in [-0.4, -0.2) is 31.8 Å². The summed E-state index contributed by atoms with van der Waals surface area (Å²) in [5.41, 5.74) is 0. The molecule has 0 saturated carbocycles. The van der Waals surface area contributed by atoms with Crippen molar-refractivity contribution in [2.24, 2.45) is 0 Å². The van der Waals surface area contributed by atoms with E-state index in [0.717, 1.165) is 38.1 Å². The summed E-state index contributed by atoms with van der Waals surface area (Å²) in [6, 6.07) is 0. The third-order valence-corrected chi connectivity index (χ3v) is 3.24. The largest absolute Gasteiger partial charge is 0.457 e. The van der Waals surface area contributed by atoms with Crippen LogP contribution in [0.1, 0.15) is 46.5 Å². The highest BCUT2D eigenvalue weighted by atomic mass is 32.2. The van der Waals surface area contributed by atoms with E-state index >= 15 is 0 Å². The minimum absolute atomic E-state index is 0.0251. The number of hydrogen-bond acceptors (Lipinski definition) is 3. The van der Waals surface area contributed by atoms with Crippen molar-refractivity contribution in [1.29, 1.82) is 0 Å². The minimum atomic E-state index is 0.0251. The second-order valence-electron chi connectivity index (χ2n) is 3.86. The summed E-state index contributed by atoms with van der Waals surface area (Å²) in [6.45, 7) is 8.23. The minimum Gasteiger partial charge on any atom is -0.411 e. The molecule has 0 N–H and O–H groups in total. The standard InChI is InChI=1S/C12H27BO2S/c1-4-7-10-14-13(9-12-16-6-3)15-11-8-5-2/h4-12H2,1-3H3. The van der Waals surface area contributed by atoms with Crippen LogP contribution >= 0.6 is 11.8 Å². The van der Waals surface area contributed by atoms with Gasteiger partial charge in [-0.15, -0.1) is 0 Å². The molecule has 16 heavy (non-hydrogen) atoms. The molecule has 0 aliphatic carbocycles. The van der Waals surface area contributed by atoms with E-state index in [1.165, 1.54) is 18.6 Å². The van der Waals surface area contributed by atoms with E-state index in [-0.39, 0.29) is 7.12 Å². The van der Waals surface area contributed by atoms with Gasteiger partial charge in [-0.1, -0.05) is 33.6 Å². The lowest BCUT2D eigenvalue weighted by Gasteiger charge is -2.14. The fourth-order valence-corrected chi connectivity index (χ4v) is 1.90. The van der Waals surface area contributed by atoms with Crippen molar-refractivity contribution < 1.29 is 9.31 Å². The smallest absolute Gasteiger partial charge is 0.411 e. The second kappa shape index (κ2) is 13.4. The number of hydrogen-bond donors (Lipinski definition) is 0. The molecular formula is C12H27BO2S. The average Bonchev–Trinajstić information content (AvgIpc) is 2.29. The Morgan fingerprint density at radius 2 is 1.50 bits per heavy atom. The van der Waals surface area contributed by atoms with Crippen molar-refractivity contribution in [3.63, 3.8) is 0 Å². The van der Waals surface area contributed by atoms with Crippen LogP contribution in [0.25, 0.3) is 0 Å². The topological polar surface area (TPSA) is 18.5 Å². The van der Waals surface area contributed by atoms with Crippen LogP contribution in [0, 0.1) is 0 Å². The maximum atomic E-state index is 5.74. The van der Waals surface area contributed by atoms with Gasteiger partial charge < -0.3 is 9.31 Å². The second-order valence-corrected chi connectivity index (χ2v) is 5.26. The van der Waals surface area contributed by atoms with Gasteiger partial charge in [0.25, 0.3) is 0 Å². The van der Waals surface area contributed by atoms with Gasteiger partial charge in [-0.05, 0) is 30.7 Å². The summed E-state index contributed by atoms with van der Waals surface area (Å²) >= 11 is 1.95. The molecule has 0 aliphatic heterocycles. The van der Waals surface area contributed by atoms with Crippen LogP contribution in [0.2, 0.25) is 6.32 Å². The van der Waals surface area contributed by atoms with Crippen molar-refractivity contribution in [3.8, 4) is 0 Å². The Morgan fingerprint density at radius 3 is 1.94 bits per heavy atom. The average molecular weight is 246 g/mol. The van der Waals surface area contributed by atoms with E-state index < -0.39 is 0 Å². The van der Waals surface area contributed by atoms with Gasteiger partial charge in [0, 0.05) is 13.2 Å². The molecule has 0 atom stereocenters. The van der Waals surface area contributed by atoms with Crippen LogP contribution in [-0.2, 0) is 9.31 Å². The molecule has 0 radical (unpaired) electrons. The molecule has 4 heteroatoms. The molecule has 0 unspecified atom stereocenters. The Bertz CT molecular complexity index is 112. The summed E-state index contributed by atoms with van der Waals surface area (Å²) in [5, 5.41) is 0. The molecule has 0 aromatic heterocycles. The lowest BCUT2D eigenvalue weighted by Crippen LogP contribution is -2.24. The lowest BCUT2D eigenvalue weighted by molar-refractivity contribution is 0.192. The molecule has 0 rings (SSSR count). The number of thioether (sulfide) groups is 1. The number of unbranched alkanes of at least 4 members (excludes halogenated alkanes) is 2. The van der Waals surface area contributed by atoms with Gasteiger partial charge in [0.2, 0.25) is 0 Å². The van der Waals surface area contributed by atoms with E-state index in [1.54, 1.807) is 0 Å². The van der Waals surface area contributed by atoms with Crippen molar-refractivity contribution in [3.05, 3.63) is 0 Å². The lowest BCUT2D eigenvalue weighted by atomic mass is 9.85. The molecule has 0 bridgehead atoms. The molecule has 0 spiro atoms. The molecule has 2 nitrogen and oxygen atoms in total. The Morgan fingerprint density at radius 1 is 0.938 bits per heavy atom. The highest BCUT2D eigenvalue weighted by Crippen LogP contribution is 2.08. The van der Waals surface area contributed by atoms with Crippen LogP contribution in [0.4, 0.5) is 0 Å². The highest BCUT2D eigenvalue weighted by Gasteiger charge is 2.16. The molecule has 0 aromatic rings. The van der Waals surface area contributed by atoms with Crippen LogP contribution in [0.5, 0.6) is 0 Å². The molecule has 0 aromatic carbocycles. The third-order valence-electron chi connectivity index (χ3n) is 2.31. The summed E-state index contributed by atoms with van der Waals surface area (Å²) in [7, 11) is 0.0251. The monoisotopic (exact) mass is 246 g/mol. The molecule has 0 amide bonds. The van der Waals surface area contributed by atoms with Gasteiger partial charge >= 0.3 is 7.12 Å².